The molecule has 0 radical (unpaired) electrons. The van der Waals surface area contributed by atoms with Crippen LogP contribution in [0.15, 0.2) is 6.20 Å². The Bertz CT molecular complexity index is 295. The van der Waals surface area contributed by atoms with E-state index in [1.807, 2.05) is 14.0 Å². The Labute approximate surface area is 83.5 Å². The Morgan fingerprint density at radius 2 is 2.43 bits per heavy atom. The molecule has 1 aromatic rings. The summed E-state index contributed by atoms with van der Waals surface area (Å²) in [6.45, 7) is 3.49. The third-order valence-electron chi connectivity index (χ3n) is 1.94. The fourth-order valence-corrected chi connectivity index (χ4v) is 1.22. The van der Waals surface area contributed by atoms with E-state index in [1.54, 1.807) is 4.68 Å². The molecule has 0 aromatic carbocycles. The van der Waals surface area contributed by atoms with Gasteiger partial charge in [-0.3, -0.25) is 4.79 Å². The van der Waals surface area contributed by atoms with Crippen molar-refractivity contribution in [2.24, 2.45) is 0 Å². The molecule has 5 nitrogen and oxygen atoms in total. The molecular weight excluding hydrogens is 180 g/mol. The molecule has 0 fully saturated rings. The van der Waals surface area contributed by atoms with Crippen molar-refractivity contribution in [2.75, 3.05) is 13.6 Å². The Balaban J connectivity index is 2.63. The minimum Gasteiger partial charge on any atom is -0.319 e. The van der Waals surface area contributed by atoms with Gasteiger partial charge in [0, 0.05) is 19.5 Å². The third-order valence-corrected chi connectivity index (χ3v) is 1.94. The van der Waals surface area contributed by atoms with E-state index in [4.69, 9.17) is 0 Å². The minimum atomic E-state index is 0.0952. The lowest BCUT2D eigenvalue weighted by Gasteiger charge is -2.02. The number of aromatic nitrogens is 3. The van der Waals surface area contributed by atoms with Crippen LogP contribution < -0.4 is 5.32 Å². The van der Waals surface area contributed by atoms with Gasteiger partial charge in [-0.05, 0) is 13.5 Å². The van der Waals surface area contributed by atoms with Gasteiger partial charge in [-0.25, -0.2) is 4.68 Å². The van der Waals surface area contributed by atoms with Crippen LogP contribution in [-0.4, -0.2) is 34.4 Å². The second-order valence-corrected chi connectivity index (χ2v) is 3.12. The molecule has 0 bridgehead atoms. The van der Waals surface area contributed by atoms with Crippen molar-refractivity contribution in [3.8, 4) is 0 Å². The Hall–Kier alpha value is -1.23. The topological polar surface area (TPSA) is 59.8 Å². The summed E-state index contributed by atoms with van der Waals surface area (Å²) >= 11 is 0. The van der Waals surface area contributed by atoms with E-state index in [2.05, 4.69) is 15.6 Å². The van der Waals surface area contributed by atoms with Crippen LogP contribution >= 0.6 is 0 Å². The van der Waals surface area contributed by atoms with Gasteiger partial charge in [0.1, 0.15) is 5.69 Å². The van der Waals surface area contributed by atoms with Gasteiger partial charge in [-0.1, -0.05) is 12.1 Å². The first-order valence-corrected chi connectivity index (χ1v) is 4.86. The zero-order valence-corrected chi connectivity index (χ0v) is 8.66. The quantitative estimate of drug-likeness (QED) is 0.672. The molecule has 14 heavy (non-hydrogen) atoms. The maximum absolute atomic E-state index is 11.6. The van der Waals surface area contributed by atoms with Crippen molar-refractivity contribution in [3.05, 3.63) is 11.9 Å². The molecule has 1 rings (SSSR count). The first-order valence-electron chi connectivity index (χ1n) is 4.86. The van der Waals surface area contributed by atoms with Gasteiger partial charge < -0.3 is 5.32 Å². The van der Waals surface area contributed by atoms with E-state index in [9.17, 15) is 4.79 Å². The van der Waals surface area contributed by atoms with E-state index in [0.29, 0.717) is 18.7 Å². The molecular formula is C9H16N4O. The van der Waals surface area contributed by atoms with Crippen molar-refractivity contribution in [3.63, 3.8) is 0 Å². The lowest BCUT2D eigenvalue weighted by molar-refractivity contribution is 0.0972. The SMILES string of the molecule is CCCn1nncc1C(=O)CCNC. The van der Waals surface area contributed by atoms with Crippen molar-refractivity contribution < 1.29 is 4.79 Å². The summed E-state index contributed by atoms with van der Waals surface area (Å²) in [4.78, 5) is 11.6. The third kappa shape index (κ3) is 2.63. The van der Waals surface area contributed by atoms with E-state index < -0.39 is 0 Å². The van der Waals surface area contributed by atoms with Gasteiger partial charge in [-0.2, -0.15) is 0 Å². The number of hydrogen-bond donors (Lipinski definition) is 1. The largest absolute Gasteiger partial charge is 0.319 e. The lowest BCUT2D eigenvalue weighted by Crippen LogP contribution is -2.16. The first-order chi connectivity index (χ1) is 6.79. The zero-order valence-electron chi connectivity index (χ0n) is 8.66. The highest BCUT2D eigenvalue weighted by atomic mass is 16.1. The highest BCUT2D eigenvalue weighted by Crippen LogP contribution is 2.01. The number of carbonyl (C=O) groups excluding carboxylic acids is 1. The Kier molecular flexibility index (Phi) is 4.25. The number of rotatable bonds is 6. The summed E-state index contributed by atoms with van der Waals surface area (Å²) in [6, 6.07) is 0. The maximum atomic E-state index is 11.6. The van der Waals surface area contributed by atoms with E-state index >= 15 is 0 Å². The second-order valence-electron chi connectivity index (χ2n) is 3.12. The van der Waals surface area contributed by atoms with Crippen molar-refractivity contribution in [2.45, 2.75) is 26.3 Å². The molecule has 0 saturated heterocycles. The normalized spacial score (nSPS) is 10.4. The van der Waals surface area contributed by atoms with Crippen LogP contribution in [-0.2, 0) is 6.54 Å². The molecule has 1 heterocycles. The molecule has 0 unspecified atom stereocenters. The van der Waals surface area contributed by atoms with Gasteiger partial charge in [0.2, 0.25) is 0 Å². The van der Waals surface area contributed by atoms with Gasteiger partial charge >= 0.3 is 0 Å². The molecule has 0 spiro atoms. The highest BCUT2D eigenvalue weighted by Gasteiger charge is 2.11. The van der Waals surface area contributed by atoms with Gasteiger partial charge in [-0.15, -0.1) is 5.10 Å². The van der Waals surface area contributed by atoms with Crippen LogP contribution in [0.25, 0.3) is 0 Å². The predicted octanol–water partition coefficient (Wildman–Crippen LogP) is 0.480. The van der Waals surface area contributed by atoms with Crippen molar-refractivity contribution in [1.82, 2.24) is 20.3 Å². The monoisotopic (exact) mass is 196 g/mol. The first kappa shape index (κ1) is 10.8. The minimum absolute atomic E-state index is 0.0952. The van der Waals surface area contributed by atoms with E-state index in [-0.39, 0.29) is 5.78 Å². The number of nitrogens with zero attached hydrogens (tertiary/aromatic N) is 3. The van der Waals surface area contributed by atoms with Gasteiger partial charge in [0.25, 0.3) is 0 Å². The van der Waals surface area contributed by atoms with Crippen LogP contribution in [0.1, 0.15) is 30.3 Å². The lowest BCUT2D eigenvalue weighted by atomic mass is 10.2. The summed E-state index contributed by atoms with van der Waals surface area (Å²) in [5.74, 6) is 0.0952. The molecule has 0 amide bonds. The maximum Gasteiger partial charge on any atom is 0.183 e. The molecule has 0 saturated carbocycles. The summed E-state index contributed by atoms with van der Waals surface area (Å²) in [7, 11) is 1.83. The molecule has 0 aliphatic carbocycles. The fourth-order valence-electron chi connectivity index (χ4n) is 1.22. The molecule has 1 N–H and O–H groups in total. The molecule has 0 aliphatic rings. The molecule has 78 valence electrons. The average Bonchev–Trinajstić information content (AvgIpc) is 2.63. The number of Topliss-reactive ketones (excluding diaryl/α,β-unsaturated/α-hetero) is 1. The Morgan fingerprint density at radius 1 is 1.64 bits per heavy atom. The average molecular weight is 196 g/mol. The summed E-state index contributed by atoms with van der Waals surface area (Å²) in [5.41, 5.74) is 0.613. The number of carbonyl (C=O) groups is 1. The van der Waals surface area contributed by atoms with Crippen LogP contribution in [0.2, 0.25) is 0 Å². The van der Waals surface area contributed by atoms with Crippen LogP contribution in [0.4, 0.5) is 0 Å². The summed E-state index contributed by atoms with van der Waals surface area (Å²) in [6.07, 6.45) is 2.98. The number of aryl methyl sites for hydroxylation is 1. The van der Waals surface area contributed by atoms with Crippen LogP contribution in [0.3, 0.4) is 0 Å². The predicted molar refractivity (Wildman–Crippen MR) is 53.2 cm³/mol. The molecule has 5 heteroatoms. The second kappa shape index (κ2) is 5.49. The van der Waals surface area contributed by atoms with Crippen molar-refractivity contribution >= 4 is 5.78 Å². The summed E-state index contributed by atoms with van der Waals surface area (Å²) in [5, 5.41) is 10.5. The highest BCUT2D eigenvalue weighted by molar-refractivity contribution is 5.94. The number of ketones is 1. The number of hydrogen-bond acceptors (Lipinski definition) is 4. The smallest absolute Gasteiger partial charge is 0.183 e. The molecule has 0 atom stereocenters. The standard InChI is InChI=1S/C9H16N4O/c1-3-6-13-8(7-11-12-13)9(14)4-5-10-2/h7,10H,3-6H2,1-2H3. The van der Waals surface area contributed by atoms with E-state index in [1.165, 1.54) is 6.20 Å². The number of nitrogens with one attached hydrogen (secondary N) is 1. The van der Waals surface area contributed by atoms with Gasteiger partial charge in [0.05, 0.1) is 6.20 Å². The summed E-state index contributed by atoms with van der Waals surface area (Å²) < 4.78 is 1.66. The molecule has 0 aliphatic heterocycles. The Morgan fingerprint density at radius 3 is 3.07 bits per heavy atom. The van der Waals surface area contributed by atoms with Crippen LogP contribution in [0.5, 0.6) is 0 Å². The fraction of sp³-hybridized carbons (Fsp3) is 0.667. The van der Waals surface area contributed by atoms with Crippen LogP contribution in [0, 0.1) is 0 Å². The van der Waals surface area contributed by atoms with Crippen molar-refractivity contribution in [1.29, 1.82) is 0 Å². The zero-order chi connectivity index (χ0) is 10.4. The van der Waals surface area contributed by atoms with Gasteiger partial charge in [0.15, 0.2) is 5.78 Å². The van der Waals surface area contributed by atoms with E-state index in [0.717, 1.165) is 13.0 Å². The molecule has 1 aromatic heterocycles.